The van der Waals surface area contributed by atoms with Crippen molar-refractivity contribution >= 4 is 0 Å². The number of hydrogen-bond donors (Lipinski definition) is 1. The minimum absolute atomic E-state index is 0.178. The standard InChI is InChI=1S/C19H25NO3/c1-15(18-14-17(21-2)10-11-19(18)22-3)20-12-7-13-23-16-8-5-4-6-9-16/h4-6,8-11,14-15,20H,7,12-13H2,1-3H3. The Kier molecular flexibility index (Phi) is 6.76. The lowest BCUT2D eigenvalue weighted by Gasteiger charge is -2.18. The Hall–Kier alpha value is -2.20. The van der Waals surface area contributed by atoms with Crippen LogP contribution in [0.3, 0.4) is 0 Å². The Morgan fingerprint density at radius 3 is 2.43 bits per heavy atom. The highest BCUT2D eigenvalue weighted by atomic mass is 16.5. The molecular weight excluding hydrogens is 290 g/mol. The van der Waals surface area contributed by atoms with Crippen LogP contribution in [0.25, 0.3) is 0 Å². The Morgan fingerprint density at radius 2 is 1.74 bits per heavy atom. The lowest BCUT2D eigenvalue weighted by molar-refractivity contribution is 0.305. The third kappa shape index (κ3) is 5.18. The maximum atomic E-state index is 5.69. The van der Waals surface area contributed by atoms with Crippen molar-refractivity contribution in [2.75, 3.05) is 27.4 Å². The van der Waals surface area contributed by atoms with Gasteiger partial charge < -0.3 is 19.5 Å². The molecule has 0 aliphatic heterocycles. The molecule has 0 aromatic heterocycles. The third-order valence-electron chi connectivity index (χ3n) is 3.69. The summed E-state index contributed by atoms with van der Waals surface area (Å²) in [5.41, 5.74) is 1.09. The number of rotatable bonds is 9. The molecule has 0 aliphatic carbocycles. The van der Waals surface area contributed by atoms with Crippen molar-refractivity contribution in [2.24, 2.45) is 0 Å². The molecule has 0 bridgehead atoms. The van der Waals surface area contributed by atoms with E-state index in [0.29, 0.717) is 6.61 Å². The number of para-hydroxylation sites is 1. The largest absolute Gasteiger partial charge is 0.497 e. The molecule has 0 radical (unpaired) electrons. The topological polar surface area (TPSA) is 39.7 Å². The summed E-state index contributed by atoms with van der Waals surface area (Å²) in [5.74, 6) is 2.61. The molecule has 1 N–H and O–H groups in total. The van der Waals surface area contributed by atoms with Gasteiger partial charge in [0.15, 0.2) is 0 Å². The van der Waals surface area contributed by atoms with Gasteiger partial charge in [-0.3, -0.25) is 0 Å². The molecule has 4 nitrogen and oxygen atoms in total. The van der Waals surface area contributed by atoms with Crippen LogP contribution in [0.4, 0.5) is 0 Å². The summed E-state index contributed by atoms with van der Waals surface area (Å²) >= 11 is 0. The van der Waals surface area contributed by atoms with Crippen LogP contribution in [0.1, 0.15) is 24.9 Å². The van der Waals surface area contributed by atoms with Crippen molar-refractivity contribution in [1.29, 1.82) is 0 Å². The molecule has 1 unspecified atom stereocenters. The lowest BCUT2D eigenvalue weighted by atomic mass is 10.1. The van der Waals surface area contributed by atoms with Gasteiger partial charge in [-0.05, 0) is 50.2 Å². The van der Waals surface area contributed by atoms with Crippen LogP contribution in [-0.4, -0.2) is 27.4 Å². The maximum Gasteiger partial charge on any atom is 0.123 e. The van der Waals surface area contributed by atoms with Crippen molar-refractivity contribution in [3.05, 3.63) is 54.1 Å². The van der Waals surface area contributed by atoms with Crippen LogP contribution < -0.4 is 19.5 Å². The van der Waals surface area contributed by atoms with Gasteiger partial charge in [-0.1, -0.05) is 18.2 Å². The molecule has 0 amide bonds. The Morgan fingerprint density at radius 1 is 0.957 bits per heavy atom. The maximum absolute atomic E-state index is 5.69. The summed E-state index contributed by atoms with van der Waals surface area (Å²) in [6, 6.07) is 15.9. The summed E-state index contributed by atoms with van der Waals surface area (Å²) < 4.78 is 16.4. The van der Waals surface area contributed by atoms with E-state index in [4.69, 9.17) is 14.2 Å². The highest BCUT2D eigenvalue weighted by Gasteiger charge is 2.12. The quantitative estimate of drug-likeness (QED) is 0.714. The van der Waals surface area contributed by atoms with Crippen molar-refractivity contribution < 1.29 is 14.2 Å². The summed E-state index contributed by atoms with van der Waals surface area (Å²) in [6.45, 7) is 3.68. The SMILES string of the molecule is COc1ccc(OC)c(C(C)NCCCOc2ccccc2)c1. The number of methoxy groups -OCH3 is 2. The molecule has 4 heteroatoms. The molecule has 23 heavy (non-hydrogen) atoms. The number of ether oxygens (including phenoxy) is 3. The first kappa shape index (κ1) is 17.2. The number of hydrogen-bond acceptors (Lipinski definition) is 4. The van der Waals surface area contributed by atoms with E-state index in [1.807, 2.05) is 48.5 Å². The van der Waals surface area contributed by atoms with Crippen LogP contribution in [0.15, 0.2) is 48.5 Å². The van der Waals surface area contributed by atoms with Crippen LogP contribution in [-0.2, 0) is 0 Å². The average Bonchev–Trinajstić information content (AvgIpc) is 2.61. The zero-order valence-corrected chi connectivity index (χ0v) is 14.0. The predicted molar refractivity (Wildman–Crippen MR) is 92.5 cm³/mol. The van der Waals surface area contributed by atoms with Gasteiger partial charge in [-0.15, -0.1) is 0 Å². The molecule has 2 aromatic carbocycles. The fourth-order valence-electron chi connectivity index (χ4n) is 2.39. The van der Waals surface area contributed by atoms with E-state index < -0.39 is 0 Å². The first-order valence-corrected chi connectivity index (χ1v) is 7.87. The van der Waals surface area contributed by atoms with Gasteiger partial charge in [-0.2, -0.15) is 0 Å². The van der Waals surface area contributed by atoms with Crippen LogP contribution >= 0.6 is 0 Å². The highest BCUT2D eigenvalue weighted by molar-refractivity contribution is 5.42. The van der Waals surface area contributed by atoms with E-state index in [1.54, 1.807) is 14.2 Å². The zero-order valence-electron chi connectivity index (χ0n) is 14.0. The van der Waals surface area contributed by atoms with Gasteiger partial charge >= 0.3 is 0 Å². The summed E-state index contributed by atoms with van der Waals surface area (Å²) in [7, 11) is 3.36. The van der Waals surface area contributed by atoms with Crippen LogP contribution in [0.5, 0.6) is 17.2 Å². The fourth-order valence-corrected chi connectivity index (χ4v) is 2.39. The second kappa shape index (κ2) is 9.06. The van der Waals surface area contributed by atoms with Gasteiger partial charge in [0.05, 0.1) is 20.8 Å². The normalized spacial score (nSPS) is 11.8. The van der Waals surface area contributed by atoms with E-state index in [-0.39, 0.29) is 6.04 Å². The first-order valence-electron chi connectivity index (χ1n) is 7.87. The van der Waals surface area contributed by atoms with Crippen molar-refractivity contribution in [2.45, 2.75) is 19.4 Å². The van der Waals surface area contributed by atoms with Crippen LogP contribution in [0.2, 0.25) is 0 Å². The smallest absolute Gasteiger partial charge is 0.123 e. The van der Waals surface area contributed by atoms with E-state index in [1.165, 1.54) is 0 Å². The Bertz CT molecular complexity index is 586. The van der Waals surface area contributed by atoms with Gasteiger partial charge in [-0.25, -0.2) is 0 Å². The van der Waals surface area contributed by atoms with E-state index in [9.17, 15) is 0 Å². The summed E-state index contributed by atoms with van der Waals surface area (Å²) in [4.78, 5) is 0. The predicted octanol–water partition coefficient (Wildman–Crippen LogP) is 3.82. The monoisotopic (exact) mass is 315 g/mol. The molecule has 124 valence electrons. The third-order valence-corrected chi connectivity index (χ3v) is 3.69. The molecule has 0 saturated carbocycles. The molecule has 1 atom stereocenters. The summed E-state index contributed by atoms with van der Waals surface area (Å²) in [5, 5.41) is 3.50. The second-order valence-corrected chi connectivity index (χ2v) is 5.30. The number of benzene rings is 2. The van der Waals surface area contributed by atoms with E-state index in [2.05, 4.69) is 12.2 Å². The minimum Gasteiger partial charge on any atom is -0.497 e. The highest BCUT2D eigenvalue weighted by Crippen LogP contribution is 2.29. The fraction of sp³-hybridized carbons (Fsp3) is 0.368. The Balaban J connectivity index is 1.79. The van der Waals surface area contributed by atoms with Crippen LogP contribution in [0, 0.1) is 0 Å². The second-order valence-electron chi connectivity index (χ2n) is 5.30. The molecule has 2 rings (SSSR count). The number of nitrogens with one attached hydrogen (secondary N) is 1. The van der Waals surface area contributed by atoms with E-state index >= 15 is 0 Å². The molecular formula is C19H25NO3. The zero-order chi connectivity index (χ0) is 16.5. The summed E-state index contributed by atoms with van der Waals surface area (Å²) in [6.07, 6.45) is 0.936. The first-order chi connectivity index (χ1) is 11.2. The van der Waals surface area contributed by atoms with Gasteiger partial charge in [0, 0.05) is 11.6 Å². The van der Waals surface area contributed by atoms with Crippen molar-refractivity contribution in [1.82, 2.24) is 5.32 Å². The average molecular weight is 315 g/mol. The molecule has 0 saturated heterocycles. The van der Waals surface area contributed by atoms with Crippen molar-refractivity contribution in [3.63, 3.8) is 0 Å². The molecule has 0 aliphatic rings. The van der Waals surface area contributed by atoms with Gasteiger partial charge in [0.2, 0.25) is 0 Å². The Labute approximate surface area is 138 Å². The van der Waals surface area contributed by atoms with E-state index in [0.717, 1.165) is 35.8 Å². The molecule has 0 fully saturated rings. The minimum atomic E-state index is 0.178. The lowest BCUT2D eigenvalue weighted by Crippen LogP contribution is -2.22. The molecule has 2 aromatic rings. The molecule has 0 heterocycles. The van der Waals surface area contributed by atoms with Gasteiger partial charge in [0.1, 0.15) is 17.2 Å². The molecule has 0 spiro atoms. The van der Waals surface area contributed by atoms with Gasteiger partial charge in [0.25, 0.3) is 0 Å². The van der Waals surface area contributed by atoms with Crippen molar-refractivity contribution in [3.8, 4) is 17.2 Å².